The Morgan fingerprint density at radius 1 is 0.955 bits per heavy atom. The van der Waals surface area contributed by atoms with Gasteiger partial charge in [-0.15, -0.1) is 0 Å². The molecule has 9 heteroatoms. The second-order valence-electron chi connectivity index (χ2n) is 13.7. The monoisotopic (exact) mass is 599 g/mol. The van der Waals surface area contributed by atoms with Crippen molar-refractivity contribution < 1.29 is 19.0 Å². The first-order valence-electron chi connectivity index (χ1n) is 16.9. The minimum atomic E-state index is -0.0224. The van der Waals surface area contributed by atoms with E-state index >= 15 is 0 Å². The topological polar surface area (TPSA) is 92.0 Å². The van der Waals surface area contributed by atoms with Gasteiger partial charge in [0, 0.05) is 53.8 Å². The van der Waals surface area contributed by atoms with Crippen molar-refractivity contribution in [3.05, 3.63) is 48.0 Å². The minimum Gasteiger partial charge on any atom is -0.490 e. The summed E-state index contributed by atoms with van der Waals surface area (Å²) in [7, 11) is 0. The second kappa shape index (κ2) is 12.1. The van der Waals surface area contributed by atoms with E-state index in [1.807, 2.05) is 18.2 Å². The lowest BCUT2D eigenvalue weighted by atomic mass is 9.79. The summed E-state index contributed by atoms with van der Waals surface area (Å²) in [6, 6.07) is 16.0. The number of H-pyrrole nitrogens is 1. The highest BCUT2D eigenvalue weighted by Crippen LogP contribution is 2.40. The van der Waals surface area contributed by atoms with Crippen molar-refractivity contribution in [3.8, 4) is 17.0 Å². The third-order valence-corrected chi connectivity index (χ3v) is 11.1. The summed E-state index contributed by atoms with van der Waals surface area (Å²) >= 11 is 0. The van der Waals surface area contributed by atoms with Gasteiger partial charge in [0.25, 0.3) is 5.91 Å². The van der Waals surface area contributed by atoms with E-state index in [-0.39, 0.29) is 17.6 Å². The van der Waals surface area contributed by atoms with E-state index in [1.165, 1.54) is 32.1 Å². The molecule has 5 aliphatic rings. The van der Waals surface area contributed by atoms with Crippen molar-refractivity contribution in [3.63, 3.8) is 0 Å². The number of carbonyl (C=O) groups excluding carboxylic acids is 1. The van der Waals surface area contributed by atoms with E-state index in [0.717, 1.165) is 93.1 Å². The maximum Gasteiger partial charge on any atom is 0.251 e. The van der Waals surface area contributed by atoms with Gasteiger partial charge in [-0.1, -0.05) is 19.3 Å². The van der Waals surface area contributed by atoms with Crippen LogP contribution in [0.4, 0.5) is 0 Å². The number of carbonyl (C=O) groups is 1. The molecule has 234 valence electrons. The Morgan fingerprint density at radius 3 is 2.41 bits per heavy atom. The van der Waals surface area contributed by atoms with Gasteiger partial charge >= 0.3 is 0 Å². The molecular formula is C35H45N5O4. The number of aromatic amines is 1. The number of nitrogens with one attached hydrogen (secondary N) is 2. The minimum absolute atomic E-state index is 0.0224. The number of rotatable bonds is 8. The van der Waals surface area contributed by atoms with Gasteiger partial charge in [0.15, 0.2) is 0 Å². The highest BCUT2D eigenvalue weighted by Gasteiger charge is 2.46. The Bertz CT molecular complexity index is 1440. The Morgan fingerprint density at radius 2 is 1.70 bits per heavy atom. The predicted molar refractivity (Wildman–Crippen MR) is 169 cm³/mol. The van der Waals surface area contributed by atoms with Gasteiger partial charge in [-0.3, -0.25) is 19.7 Å². The number of piperidine rings is 1. The van der Waals surface area contributed by atoms with Gasteiger partial charge in [-0.05, 0) is 81.0 Å². The third-order valence-electron chi connectivity index (χ3n) is 11.1. The summed E-state index contributed by atoms with van der Waals surface area (Å²) in [4.78, 5) is 18.8. The number of benzene rings is 2. The van der Waals surface area contributed by atoms with E-state index in [0.29, 0.717) is 30.2 Å². The number of morpholine rings is 1. The number of ether oxygens (including phenoxy) is 3. The maximum atomic E-state index is 13.5. The quantitative estimate of drug-likeness (QED) is 0.386. The third kappa shape index (κ3) is 5.42. The number of amides is 1. The second-order valence-corrected chi connectivity index (χ2v) is 13.7. The molecule has 3 atom stereocenters. The van der Waals surface area contributed by atoms with Gasteiger partial charge in [-0.2, -0.15) is 5.10 Å². The Hall–Kier alpha value is -2.98. The fourth-order valence-electron chi connectivity index (χ4n) is 8.71. The van der Waals surface area contributed by atoms with Gasteiger partial charge in [0.2, 0.25) is 0 Å². The molecule has 1 aromatic heterocycles. The average Bonchev–Trinajstić information content (AvgIpc) is 3.57. The Kier molecular flexibility index (Phi) is 7.82. The zero-order chi connectivity index (χ0) is 29.5. The fraction of sp³-hybridized carbons (Fsp3) is 0.600. The standard InChI is InChI=1S/C35H45N5O4/c41-34(36-23-35(12-2-1-3-13-35)39-14-16-42-17-15-39)25-6-11-32-31(18-25)33(38-37-32)24-4-9-29(10-5-24)44-30-19-26-7-8-27(20-30)40(26)28-21-43-22-28/h4-6,9-11,18,26-28,30H,1-3,7-8,12-17,19-23H2,(H,36,41)(H,37,38)/t26-,27+,30+. The lowest BCUT2D eigenvalue weighted by Crippen LogP contribution is -2.59. The van der Waals surface area contributed by atoms with Crippen LogP contribution in [0.15, 0.2) is 42.5 Å². The molecule has 5 heterocycles. The zero-order valence-electron chi connectivity index (χ0n) is 25.6. The zero-order valence-corrected chi connectivity index (χ0v) is 25.6. The molecule has 3 aromatic rings. The number of aromatic nitrogens is 2. The van der Waals surface area contributed by atoms with Crippen LogP contribution < -0.4 is 10.1 Å². The van der Waals surface area contributed by atoms with Crippen molar-refractivity contribution in [2.24, 2.45) is 0 Å². The van der Waals surface area contributed by atoms with Crippen molar-refractivity contribution in [1.29, 1.82) is 0 Å². The van der Waals surface area contributed by atoms with Crippen LogP contribution in [0, 0.1) is 0 Å². The molecule has 4 saturated heterocycles. The molecule has 1 amide bonds. The van der Waals surface area contributed by atoms with Crippen molar-refractivity contribution >= 4 is 16.8 Å². The van der Waals surface area contributed by atoms with Crippen LogP contribution in [0.3, 0.4) is 0 Å². The van der Waals surface area contributed by atoms with E-state index < -0.39 is 0 Å². The number of nitrogens with zero attached hydrogens (tertiary/aromatic N) is 3. The summed E-state index contributed by atoms with van der Waals surface area (Å²) in [5, 5.41) is 12.1. The van der Waals surface area contributed by atoms with Gasteiger partial charge in [-0.25, -0.2) is 0 Å². The van der Waals surface area contributed by atoms with Gasteiger partial charge < -0.3 is 19.5 Å². The molecule has 0 unspecified atom stereocenters. The van der Waals surface area contributed by atoms with E-state index in [9.17, 15) is 4.79 Å². The molecule has 2 N–H and O–H groups in total. The van der Waals surface area contributed by atoms with Gasteiger partial charge in [0.1, 0.15) is 11.9 Å². The molecule has 5 fully saturated rings. The molecule has 2 aromatic carbocycles. The van der Waals surface area contributed by atoms with E-state index in [4.69, 9.17) is 14.2 Å². The van der Waals surface area contributed by atoms with Crippen LogP contribution in [0.2, 0.25) is 0 Å². The molecule has 1 aliphatic carbocycles. The highest BCUT2D eigenvalue weighted by atomic mass is 16.5. The van der Waals surface area contributed by atoms with Crippen molar-refractivity contribution in [1.82, 2.24) is 25.3 Å². The molecule has 0 spiro atoms. The Balaban J connectivity index is 0.936. The van der Waals surface area contributed by atoms with E-state index in [2.05, 4.69) is 49.6 Å². The van der Waals surface area contributed by atoms with Crippen LogP contribution in [-0.4, -0.2) is 102 Å². The molecule has 8 rings (SSSR count). The largest absolute Gasteiger partial charge is 0.490 e. The fourth-order valence-corrected chi connectivity index (χ4v) is 8.71. The van der Waals surface area contributed by atoms with Crippen molar-refractivity contribution in [2.75, 3.05) is 46.1 Å². The molecule has 1 saturated carbocycles. The first-order valence-corrected chi connectivity index (χ1v) is 16.9. The summed E-state index contributed by atoms with van der Waals surface area (Å²) in [5.41, 5.74) is 3.49. The lowest BCUT2D eigenvalue weighted by molar-refractivity contribution is -0.102. The molecule has 4 aliphatic heterocycles. The summed E-state index contributed by atoms with van der Waals surface area (Å²) in [6.45, 7) is 5.91. The smallest absolute Gasteiger partial charge is 0.251 e. The first kappa shape index (κ1) is 28.5. The molecule has 9 nitrogen and oxygen atoms in total. The van der Waals surface area contributed by atoms with Crippen LogP contribution in [0.25, 0.3) is 22.2 Å². The summed E-state index contributed by atoms with van der Waals surface area (Å²) in [5.74, 6) is 0.890. The first-order chi connectivity index (χ1) is 21.6. The predicted octanol–water partition coefficient (Wildman–Crippen LogP) is 4.77. The van der Waals surface area contributed by atoms with Gasteiger partial charge in [0.05, 0.1) is 43.7 Å². The normalized spacial score (nSPS) is 27.7. The summed E-state index contributed by atoms with van der Waals surface area (Å²) in [6.07, 6.45) is 11.0. The number of hydrogen-bond donors (Lipinski definition) is 2. The Labute approximate surface area is 259 Å². The molecule has 44 heavy (non-hydrogen) atoms. The van der Waals surface area contributed by atoms with Crippen LogP contribution in [0.1, 0.15) is 68.1 Å². The highest BCUT2D eigenvalue weighted by molar-refractivity contribution is 6.01. The average molecular weight is 600 g/mol. The number of hydrogen-bond acceptors (Lipinski definition) is 7. The van der Waals surface area contributed by atoms with Crippen LogP contribution in [0.5, 0.6) is 5.75 Å². The SMILES string of the molecule is O=C(NCC1(N2CCOCC2)CCCCC1)c1ccc2[nH]nc(-c3ccc(O[C@H]4C[C@H]5CC[C@@H](C4)N5C4COC4)cc3)c2c1. The molecule has 2 bridgehead atoms. The molecular weight excluding hydrogens is 554 g/mol. The van der Waals surface area contributed by atoms with Crippen LogP contribution in [-0.2, 0) is 9.47 Å². The van der Waals surface area contributed by atoms with Crippen molar-refractivity contribution in [2.45, 2.75) is 87.6 Å². The summed E-state index contributed by atoms with van der Waals surface area (Å²) < 4.78 is 17.6. The molecule has 0 radical (unpaired) electrons. The van der Waals surface area contributed by atoms with E-state index in [1.54, 1.807) is 0 Å². The number of fused-ring (bicyclic) bond motifs is 3. The lowest BCUT2D eigenvalue weighted by Gasteiger charge is -2.48. The van der Waals surface area contributed by atoms with Crippen LogP contribution >= 0.6 is 0 Å². The maximum absolute atomic E-state index is 13.5.